The second-order valence-corrected chi connectivity index (χ2v) is 9.85. The number of furan rings is 1. The van der Waals surface area contributed by atoms with Crippen LogP contribution in [0.4, 0.5) is 0 Å². The number of carbonyl (C=O) groups is 1. The minimum absolute atomic E-state index is 0.0908. The molecule has 0 aliphatic carbocycles. The van der Waals surface area contributed by atoms with Crippen molar-refractivity contribution in [2.45, 2.75) is 11.4 Å². The van der Waals surface area contributed by atoms with Gasteiger partial charge in [-0.15, -0.1) is 0 Å². The lowest BCUT2D eigenvalue weighted by molar-refractivity contribution is -0.127. The molecule has 33 heavy (non-hydrogen) atoms. The van der Waals surface area contributed by atoms with Crippen LogP contribution < -0.4 is 4.74 Å². The minimum atomic E-state index is -3.73. The zero-order valence-electron chi connectivity index (χ0n) is 18.7. The van der Waals surface area contributed by atoms with Crippen LogP contribution in [0.2, 0.25) is 0 Å². The first kappa shape index (κ1) is 23.5. The van der Waals surface area contributed by atoms with Crippen molar-refractivity contribution in [3.8, 4) is 5.75 Å². The smallest absolute Gasteiger partial charge is 0.246 e. The standard InChI is InChI=1S/C23H29N3O6S/c1-30-21-6-4-19(17-22(21)33(28,29)26-12-15-31-16-13-26)5-7-23(27)25-10-8-24(9-11-25)18-20-3-2-14-32-20/h2-7,14,17H,8-13,15-16,18H2,1H3/b7-5+. The average molecular weight is 476 g/mol. The first-order chi connectivity index (χ1) is 16.0. The second kappa shape index (κ2) is 10.5. The zero-order chi connectivity index (χ0) is 23.3. The van der Waals surface area contributed by atoms with Crippen molar-refractivity contribution in [2.24, 2.45) is 0 Å². The summed E-state index contributed by atoms with van der Waals surface area (Å²) in [5.41, 5.74) is 0.618. The Hall–Kier alpha value is -2.66. The summed E-state index contributed by atoms with van der Waals surface area (Å²) in [7, 11) is -2.29. The molecule has 10 heteroatoms. The summed E-state index contributed by atoms with van der Waals surface area (Å²) < 4.78 is 43.6. The second-order valence-electron chi connectivity index (χ2n) is 7.94. The van der Waals surface area contributed by atoms with E-state index in [1.54, 1.807) is 35.4 Å². The number of rotatable bonds is 7. The fourth-order valence-electron chi connectivity index (χ4n) is 3.95. The quantitative estimate of drug-likeness (QED) is 0.563. The van der Waals surface area contributed by atoms with Gasteiger partial charge in [-0.3, -0.25) is 9.69 Å². The maximum atomic E-state index is 13.1. The Kier molecular flexibility index (Phi) is 7.49. The van der Waals surface area contributed by atoms with E-state index in [0.717, 1.165) is 25.4 Å². The lowest BCUT2D eigenvalue weighted by atomic mass is 10.2. The van der Waals surface area contributed by atoms with Gasteiger partial charge in [-0.1, -0.05) is 6.07 Å². The van der Waals surface area contributed by atoms with Crippen molar-refractivity contribution >= 4 is 22.0 Å². The van der Waals surface area contributed by atoms with E-state index in [0.29, 0.717) is 45.0 Å². The van der Waals surface area contributed by atoms with E-state index in [4.69, 9.17) is 13.9 Å². The van der Waals surface area contributed by atoms with Crippen LogP contribution in [0, 0.1) is 0 Å². The number of piperazine rings is 1. The molecule has 1 aromatic carbocycles. The summed E-state index contributed by atoms with van der Waals surface area (Å²) in [4.78, 5) is 16.8. The van der Waals surface area contributed by atoms with E-state index < -0.39 is 10.0 Å². The monoisotopic (exact) mass is 475 g/mol. The van der Waals surface area contributed by atoms with Crippen molar-refractivity contribution in [3.63, 3.8) is 0 Å². The minimum Gasteiger partial charge on any atom is -0.495 e. The highest BCUT2D eigenvalue weighted by Crippen LogP contribution is 2.29. The molecule has 0 N–H and O–H groups in total. The molecule has 2 aliphatic heterocycles. The average Bonchev–Trinajstić information content (AvgIpc) is 3.36. The Balaban J connectivity index is 1.40. The van der Waals surface area contributed by atoms with Crippen LogP contribution in [0.25, 0.3) is 6.08 Å². The number of morpholine rings is 1. The highest BCUT2D eigenvalue weighted by Gasteiger charge is 2.29. The fraction of sp³-hybridized carbons (Fsp3) is 0.435. The number of amides is 1. The van der Waals surface area contributed by atoms with Gasteiger partial charge in [0.05, 0.1) is 33.1 Å². The molecule has 2 fully saturated rings. The van der Waals surface area contributed by atoms with Crippen LogP contribution in [0.3, 0.4) is 0 Å². The van der Waals surface area contributed by atoms with Crippen LogP contribution >= 0.6 is 0 Å². The Morgan fingerprint density at radius 1 is 1.09 bits per heavy atom. The normalized spacial score (nSPS) is 18.6. The summed E-state index contributed by atoms with van der Waals surface area (Å²) in [6.45, 7) is 4.86. The molecule has 0 radical (unpaired) electrons. The topological polar surface area (TPSA) is 92.5 Å². The van der Waals surface area contributed by atoms with E-state index in [9.17, 15) is 13.2 Å². The molecule has 1 amide bonds. The van der Waals surface area contributed by atoms with Crippen molar-refractivity contribution in [3.05, 3.63) is 54.0 Å². The van der Waals surface area contributed by atoms with Crippen molar-refractivity contribution < 1.29 is 27.1 Å². The van der Waals surface area contributed by atoms with Crippen molar-refractivity contribution in [1.82, 2.24) is 14.1 Å². The summed E-state index contributed by atoms with van der Waals surface area (Å²) in [6.07, 6.45) is 4.81. The number of hydrogen-bond acceptors (Lipinski definition) is 7. The first-order valence-electron chi connectivity index (χ1n) is 10.9. The highest BCUT2D eigenvalue weighted by atomic mass is 32.2. The zero-order valence-corrected chi connectivity index (χ0v) is 19.5. The SMILES string of the molecule is COc1ccc(/C=C/C(=O)N2CCN(Cc3ccco3)CC2)cc1S(=O)(=O)N1CCOCC1. The molecule has 9 nitrogen and oxygen atoms in total. The Morgan fingerprint density at radius 2 is 1.85 bits per heavy atom. The molecular weight excluding hydrogens is 446 g/mol. The van der Waals surface area contributed by atoms with E-state index in [1.165, 1.54) is 17.5 Å². The predicted octanol–water partition coefficient (Wildman–Crippen LogP) is 1.67. The molecule has 178 valence electrons. The summed E-state index contributed by atoms with van der Waals surface area (Å²) in [5, 5.41) is 0. The molecule has 0 bridgehead atoms. The largest absolute Gasteiger partial charge is 0.495 e. The maximum absolute atomic E-state index is 13.1. The van der Waals surface area contributed by atoms with Gasteiger partial charge in [0.25, 0.3) is 0 Å². The molecular formula is C23H29N3O6S. The van der Waals surface area contributed by atoms with Crippen molar-refractivity contribution in [1.29, 1.82) is 0 Å². The van der Waals surface area contributed by atoms with Crippen molar-refractivity contribution in [2.75, 3.05) is 59.6 Å². The molecule has 3 heterocycles. The highest BCUT2D eigenvalue weighted by molar-refractivity contribution is 7.89. The van der Waals surface area contributed by atoms with Crippen LogP contribution in [0.1, 0.15) is 11.3 Å². The van der Waals surface area contributed by atoms with Gasteiger partial charge in [0.15, 0.2) is 0 Å². The number of sulfonamides is 1. The summed E-state index contributed by atoms with van der Waals surface area (Å²) >= 11 is 0. The number of hydrogen-bond donors (Lipinski definition) is 0. The molecule has 2 aromatic rings. The lowest BCUT2D eigenvalue weighted by Crippen LogP contribution is -2.47. The molecule has 0 spiro atoms. The van der Waals surface area contributed by atoms with E-state index in [2.05, 4.69) is 4.90 Å². The van der Waals surface area contributed by atoms with Crippen LogP contribution in [0.15, 0.2) is 52.0 Å². The molecule has 4 rings (SSSR count). The molecule has 0 saturated carbocycles. The Morgan fingerprint density at radius 3 is 2.52 bits per heavy atom. The lowest BCUT2D eigenvalue weighted by Gasteiger charge is -2.33. The van der Waals surface area contributed by atoms with Gasteiger partial charge in [-0.25, -0.2) is 8.42 Å². The van der Waals surface area contributed by atoms with Gasteiger partial charge in [0.2, 0.25) is 15.9 Å². The Bertz CT molecular complexity index is 1070. The number of nitrogens with zero attached hydrogens (tertiary/aromatic N) is 3. The third kappa shape index (κ3) is 5.64. The number of carbonyl (C=O) groups excluding carboxylic acids is 1. The predicted molar refractivity (Wildman–Crippen MR) is 122 cm³/mol. The number of ether oxygens (including phenoxy) is 2. The molecule has 0 atom stereocenters. The third-order valence-electron chi connectivity index (χ3n) is 5.84. The van der Waals surface area contributed by atoms with Gasteiger partial charge in [0.1, 0.15) is 16.4 Å². The van der Waals surface area contributed by atoms with Gasteiger partial charge in [-0.2, -0.15) is 4.31 Å². The van der Waals surface area contributed by atoms with Gasteiger partial charge in [0, 0.05) is 45.3 Å². The fourth-order valence-corrected chi connectivity index (χ4v) is 5.55. The number of benzene rings is 1. The molecule has 2 aliphatic rings. The van der Waals surface area contributed by atoms with Crippen LogP contribution in [-0.2, 0) is 26.1 Å². The van der Waals surface area contributed by atoms with Crippen LogP contribution in [-0.4, -0.2) is 88.0 Å². The summed E-state index contributed by atoms with van der Waals surface area (Å²) in [5.74, 6) is 1.09. The molecule has 1 aromatic heterocycles. The van der Waals surface area contributed by atoms with E-state index in [1.807, 2.05) is 12.1 Å². The third-order valence-corrected chi connectivity index (χ3v) is 7.76. The molecule has 0 unspecified atom stereocenters. The summed E-state index contributed by atoms with van der Waals surface area (Å²) in [6, 6.07) is 8.72. The Labute approximate surface area is 194 Å². The van der Waals surface area contributed by atoms with Gasteiger partial charge >= 0.3 is 0 Å². The van der Waals surface area contributed by atoms with Gasteiger partial charge < -0.3 is 18.8 Å². The molecule has 2 saturated heterocycles. The number of methoxy groups -OCH3 is 1. The van der Waals surface area contributed by atoms with E-state index in [-0.39, 0.29) is 16.6 Å². The van der Waals surface area contributed by atoms with E-state index >= 15 is 0 Å². The van der Waals surface area contributed by atoms with Gasteiger partial charge in [-0.05, 0) is 35.9 Å². The van der Waals surface area contributed by atoms with Crippen LogP contribution in [0.5, 0.6) is 5.75 Å². The maximum Gasteiger partial charge on any atom is 0.246 e. The first-order valence-corrected chi connectivity index (χ1v) is 12.4.